The molecule has 0 spiro atoms. The van der Waals surface area contributed by atoms with Gasteiger partial charge in [0, 0.05) is 19.3 Å². The van der Waals surface area contributed by atoms with E-state index in [1.54, 1.807) is 0 Å². The van der Waals surface area contributed by atoms with E-state index >= 15 is 0 Å². The Bertz CT molecular complexity index is 1810. The minimum Gasteiger partial charge on any atom is -0.462 e. The summed E-state index contributed by atoms with van der Waals surface area (Å²) in [5, 5.41) is 0. The highest BCUT2D eigenvalue weighted by molar-refractivity contribution is 5.71. The van der Waals surface area contributed by atoms with Crippen molar-refractivity contribution in [2.45, 2.75) is 284 Å². The van der Waals surface area contributed by atoms with Crippen molar-refractivity contribution in [3.63, 3.8) is 0 Å². The normalized spacial score (nSPS) is 13.2. The molecule has 0 saturated carbocycles. The molecule has 0 fully saturated rings. The number of allylic oxidation sites excluding steroid dienone is 26. The Labute approximate surface area is 499 Å². The topological polar surface area (TPSA) is 78.9 Å². The molecule has 0 aromatic heterocycles. The summed E-state index contributed by atoms with van der Waals surface area (Å²) in [6, 6.07) is 0. The SMILES string of the molecule is CC/C=C\C/C=C\C/C=C\C/C=C\C/C=C\C/C=C\C/C=C\C/C=C\CCCCCCCCCCC(=O)OCC(COC(=O)CCCCC/C=C\C/C=C\C/C=C\CC)OC(=O)CCCCCCCCC/C=C\C/C=C\CCCCC. The predicted octanol–water partition coefficient (Wildman–Crippen LogP) is 22.9. The molecule has 0 radical (unpaired) electrons. The van der Waals surface area contributed by atoms with Crippen LogP contribution in [0.15, 0.2) is 158 Å². The van der Waals surface area contributed by atoms with E-state index in [1.807, 2.05) is 0 Å². The minimum atomic E-state index is -0.806. The van der Waals surface area contributed by atoms with Gasteiger partial charge in [-0.2, -0.15) is 0 Å². The molecule has 0 aliphatic heterocycles. The summed E-state index contributed by atoms with van der Waals surface area (Å²) in [7, 11) is 0. The second kappa shape index (κ2) is 67.5. The van der Waals surface area contributed by atoms with Crippen molar-refractivity contribution < 1.29 is 28.6 Å². The Kier molecular flexibility index (Phi) is 63.4. The van der Waals surface area contributed by atoms with Crippen molar-refractivity contribution in [3.05, 3.63) is 158 Å². The molecule has 6 nitrogen and oxygen atoms in total. The second-order valence-electron chi connectivity index (χ2n) is 21.3. The third-order valence-corrected chi connectivity index (χ3v) is 13.5. The minimum absolute atomic E-state index is 0.100. The van der Waals surface area contributed by atoms with Gasteiger partial charge in [-0.25, -0.2) is 0 Å². The van der Waals surface area contributed by atoms with E-state index in [4.69, 9.17) is 14.2 Å². The van der Waals surface area contributed by atoms with Gasteiger partial charge in [-0.3, -0.25) is 14.4 Å². The fraction of sp³-hybridized carbons (Fsp3) is 0.613. The number of rotatable bonds is 58. The number of esters is 3. The van der Waals surface area contributed by atoms with Crippen molar-refractivity contribution in [1.29, 1.82) is 0 Å². The van der Waals surface area contributed by atoms with Gasteiger partial charge in [-0.15, -0.1) is 0 Å². The molecule has 0 aromatic carbocycles. The predicted molar refractivity (Wildman–Crippen MR) is 352 cm³/mol. The van der Waals surface area contributed by atoms with Crippen molar-refractivity contribution >= 4 is 17.9 Å². The standard InChI is InChI=1S/C75H120O6/c1-4-7-10-13-16-19-22-25-27-29-30-31-32-33-34-35-36-37-38-39-40-41-42-43-44-46-47-50-53-56-59-62-65-68-74(77)80-71-72(70-79-73(76)67-64-61-58-55-52-49-24-21-18-15-12-9-6-3)81-75(78)69-66-63-60-57-54-51-48-45-28-26-23-20-17-14-11-8-5-2/h7,9-10,12,16-21,25-28,30-31,33-34,36-37,39-40,42-43,49,52,72H,4-6,8,11,13-15,22-24,29,32,35,38,41,44-48,50-51,53-71H2,1-3H3/b10-7-,12-9-,19-16-,20-17-,21-18-,27-25-,28-26-,31-30-,34-33-,37-36-,40-39-,43-42-,52-49-. The Morgan fingerprint density at radius 2 is 0.481 bits per heavy atom. The summed E-state index contributed by atoms with van der Waals surface area (Å²) in [5.74, 6) is -0.948. The lowest BCUT2D eigenvalue weighted by Gasteiger charge is -2.18. The summed E-state index contributed by atoms with van der Waals surface area (Å²) in [6.07, 6.45) is 98.3. The third kappa shape index (κ3) is 65.7. The smallest absolute Gasteiger partial charge is 0.306 e. The van der Waals surface area contributed by atoms with E-state index in [2.05, 4.69) is 179 Å². The first kappa shape index (κ1) is 76.0. The van der Waals surface area contributed by atoms with Gasteiger partial charge in [0.15, 0.2) is 6.10 Å². The largest absolute Gasteiger partial charge is 0.462 e. The van der Waals surface area contributed by atoms with Gasteiger partial charge in [-0.05, 0) is 148 Å². The van der Waals surface area contributed by atoms with Gasteiger partial charge >= 0.3 is 17.9 Å². The van der Waals surface area contributed by atoms with Crippen LogP contribution >= 0.6 is 0 Å². The highest BCUT2D eigenvalue weighted by Crippen LogP contribution is 2.15. The molecule has 0 aromatic rings. The molecule has 0 aliphatic carbocycles. The van der Waals surface area contributed by atoms with Crippen LogP contribution in [-0.2, 0) is 28.6 Å². The van der Waals surface area contributed by atoms with Gasteiger partial charge in [0.25, 0.3) is 0 Å². The second-order valence-corrected chi connectivity index (χ2v) is 21.3. The summed E-state index contributed by atoms with van der Waals surface area (Å²) in [6.45, 7) is 6.35. The first-order chi connectivity index (χ1) is 40.0. The van der Waals surface area contributed by atoms with Gasteiger partial charge in [0.2, 0.25) is 0 Å². The Hall–Kier alpha value is -4.97. The van der Waals surface area contributed by atoms with Gasteiger partial charge in [0.05, 0.1) is 0 Å². The average molecular weight is 1120 g/mol. The van der Waals surface area contributed by atoms with Gasteiger partial charge in [-0.1, -0.05) is 269 Å². The van der Waals surface area contributed by atoms with Crippen LogP contribution in [0.25, 0.3) is 0 Å². The molecule has 1 unspecified atom stereocenters. The summed E-state index contributed by atoms with van der Waals surface area (Å²) in [5.41, 5.74) is 0. The van der Waals surface area contributed by atoms with Crippen LogP contribution in [0.4, 0.5) is 0 Å². The lowest BCUT2D eigenvalue weighted by atomic mass is 10.1. The third-order valence-electron chi connectivity index (χ3n) is 13.5. The molecular weight excluding hydrogens is 997 g/mol. The number of unbranched alkanes of at least 4 members (excludes halogenated alkanes) is 21. The first-order valence-corrected chi connectivity index (χ1v) is 33.0. The molecule has 0 N–H and O–H groups in total. The van der Waals surface area contributed by atoms with Crippen molar-refractivity contribution in [3.8, 4) is 0 Å². The van der Waals surface area contributed by atoms with Crippen LogP contribution in [-0.4, -0.2) is 37.2 Å². The fourth-order valence-corrected chi connectivity index (χ4v) is 8.62. The Morgan fingerprint density at radius 1 is 0.259 bits per heavy atom. The highest BCUT2D eigenvalue weighted by atomic mass is 16.6. The fourth-order valence-electron chi connectivity index (χ4n) is 8.62. The Balaban J connectivity index is 4.32. The maximum absolute atomic E-state index is 12.9. The van der Waals surface area contributed by atoms with E-state index in [0.717, 1.165) is 154 Å². The van der Waals surface area contributed by atoms with E-state index in [0.29, 0.717) is 19.3 Å². The summed E-state index contributed by atoms with van der Waals surface area (Å²) >= 11 is 0. The molecule has 0 rings (SSSR count). The van der Waals surface area contributed by atoms with Gasteiger partial charge < -0.3 is 14.2 Å². The Morgan fingerprint density at radius 3 is 0.765 bits per heavy atom. The number of carbonyl (C=O) groups excluding carboxylic acids is 3. The number of hydrogen-bond acceptors (Lipinski definition) is 6. The molecule has 0 heterocycles. The molecule has 6 heteroatoms. The van der Waals surface area contributed by atoms with Crippen LogP contribution in [0.3, 0.4) is 0 Å². The van der Waals surface area contributed by atoms with Crippen molar-refractivity contribution in [2.75, 3.05) is 13.2 Å². The van der Waals surface area contributed by atoms with E-state index in [9.17, 15) is 14.4 Å². The summed E-state index contributed by atoms with van der Waals surface area (Å²) < 4.78 is 16.9. The van der Waals surface area contributed by atoms with E-state index in [1.165, 1.54) is 83.5 Å². The zero-order valence-corrected chi connectivity index (χ0v) is 52.2. The molecule has 0 bridgehead atoms. The number of ether oxygens (including phenoxy) is 3. The first-order valence-electron chi connectivity index (χ1n) is 33.0. The molecule has 456 valence electrons. The highest BCUT2D eigenvalue weighted by Gasteiger charge is 2.19. The van der Waals surface area contributed by atoms with Crippen LogP contribution in [0.5, 0.6) is 0 Å². The quantitative estimate of drug-likeness (QED) is 0.0261. The van der Waals surface area contributed by atoms with Crippen LogP contribution in [0.1, 0.15) is 278 Å². The zero-order valence-electron chi connectivity index (χ0n) is 52.2. The zero-order chi connectivity index (χ0) is 58.5. The lowest BCUT2D eigenvalue weighted by molar-refractivity contribution is -0.167. The van der Waals surface area contributed by atoms with Gasteiger partial charge in [0.1, 0.15) is 13.2 Å². The molecule has 0 aliphatic rings. The molecular formula is C75H120O6. The summed E-state index contributed by atoms with van der Waals surface area (Å²) in [4.78, 5) is 38.3. The monoisotopic (exact) mass is 1120 g/mol. The maximum atomic E-state index is 12.9. The molecule has 0 amide bonds. The van der Waals surface area contributed by atoms with Crippen LogP contribution in [0.2, 0.25) is 0 Å². The average Bonchev–Trinajstić information content (AvgIpc) is 3.46. The van der Waals surface area contributed by atoms with E-state index in [-0.39, 0.29) is 31.1 Å². The molecule has 0 saturated heterocycles. The van der Waals surface area contributed by atoms with Crippen molar-refractivity contribution in [2.24, 2.45) is 0 Å². The number of hydrogen-bond donors (Lipinski definition) is 0. The molecule has 1 atom stereocenters. The van der Waals surface area contributed by atoms with Crippen LogP contribution in [0, 0.1) is 0 Å². The van der Waals surface area contributed by atoms with Crippen LogP contribution < -0.4 is 0 Å². The lowest BCUT2D eigenvalue weighted by Crippen LogP contribution is -2.30. The van der Waals surface area contributed by atoms with E-state index < -0.39 is 6.10 Å². The number of carbonyl (C=O) groups is 3. The molecule has 81 heavy (non-hydrogen) atoms. The maximum Gasteiger partial charge on any atom is 0.306 e. The van der Waals surface area contributed by atoms with Crippen molar-refractivity contribution in [1.82, 2.24) is 0 Å².